The third-order valence-corrected chi connectivity index (χ3v) is 4.73. The molecule has 2 N–H and O–H groups in total. The third kappa shape index (κ3) is 3.38. The van der Waals surface area contributed by atoms with Crippen molar-refractivity contribution in [3.05, 3.63) is 34.3 Å². The van der Waals surface area contributed by atoms with E-state index >= 15 is 0 Å². The van der Waals surface area contributed by atoms with E-state index in [0.717, 1.165) is 18.4 Å². The van der Waals surface area contributed by atoms with Gasteiger partial charge in [-0.1, -0.05) is 24.6 Å². The summed E-state index contributed by atoms with van der Waals surface area (Å²) in [4.78, 5) is 24.0. The van der Waals surface area contributed by atoms with Gasteiger partial charge in [0.1, 0.15) is 5.54 Å². The van der Waals surface area contributed by atoms with Gasteiger partial charge >= 0.3 is 5.97 Å². The van der Waals surface area contributed by atoms with Crippen molar-refractivity contribution in [1.29, 1.82) is 0 Å². The first kappa shape index (κ1) is 15.8. The Bertz CT molecular complexity index is 563. The quantitative estimate of drug-likeness (QED) is 0.899. The highest BCUT2D eigenvalue weighted by Crippen LogP contribution is 2.32. The molecule has 1 saturated carbocycles. The van der Waals surface area contributed by atoms with E-state index < -0.39 is 11.5 Å². The van der Waals surface area contributed by atoms with Gasteiger partial charge in [-0.25, -0.2) is 4.79 Å². The third-order valence-electron chi connectivity index (χ3n) is 4.32. The number of aliphatic carboxylic acids is 1. The molecule has 1 amide bonds. The number of amides is 1. The summed E-state index contributed by atoms with van der Waals surface area (Å²) in [5, 5.41) is 12.8. The number of benzene rings is 1. The topological polar surface area (TPSA) is 66.4 Å². The van der Waals surface area contributed by atoms with E-state index in [1.165, 1.54) is 0 Å². The molecule has 0 heterocycles. The highest BCUT2D eigenvalue weighted by atomic mass is 35.5. The lowest BCUT2D eigenvalue weighted by atomic mass is 9.77. The molecule has 0 radical (unpaired) electrons. The molecule has 0 atom stereocenters. The van der Waals surface area contributed by atoms with Crippen LogP contribution in [0.1, 0.15) is 48.5 Å². The van der Waals surface area contributed by atoms with Crippen LogP contribution in [0.3, 0.4) is 0 Å². The Morgan fingerprint density at radius 3 is 2.48 bits per heavy atom. The Morgan fingerprint density at radius 2 is 1.95 bits per heavy atom. The minimum atomic E-state index is -1.15. The van der Waals surface area contributed by atoms with E-state index in [1.807, 2.05) is 6.92 Å². The fourth-order valence-electron chi connectivity index (χ4n) is 2.67. The van der Waals surface area contributed by atoms with Gasteiger partial charge in [0.2, 0.25) is 0 Å². The molecule has 0 aliphatic heterocycles. The molecule has 5 heteroatoms. The number of carbonyl (C=O) groups is 2. The maximum absolute atomic E-state index is 12.3. The zero-order valence-electron chi connectivity index (χ0n) is 12.3. The molecule has 2 rings (SSSR count). The van der Waals surface area contributed by atoms with E-state index in [1.54, 1.807) is 18.2 Å². The number of hydrogen-bond acceptors (Lipinski definition) is 2. The number of nitrogens with one attached hydrogen (secondary N) is 1. The molecular formula is C16H20ClNO3. The Hall–Kier alpha value is -1.55. The summed E-state index contributed by atoms with van der Waals surface area (Å²) in [6.45, 7) is 3.96. The standard InChI is InChI=1S/C16H20ClNO3/c1-10-5-7-16(8-6-10,15(20)21)18-14(19)12-4-3-11(2)13(17)9-12/h3-4,9-10H,5-8H2,1-2H3,(H,18,19)(H,20,21). The Morgan fingerprint density at radius 1 is 1.33 bits per heavy atom. The Balaban J connectivity index is 2.19. The molecule has 0 saturated heterocycles. The molecule has 0 aromatic heterocycles. The number of carbonyl (C=O) groups excluding carboxylic acids is 1. The largest absolute Gasteiger partial charge is 0.480 e. The highest BCUT2D eigenvalue weighted by Gasteiger charge is 2.42. The normalized spacial score (nSPS) is 25.4. The fourth-order valence-corrected chi connectivity index (χ4v) is 2.85. The molecule has 1 aromatic rings. The predicted molar refractivity (Wildman–Crippen MR) is 81.7 cm³/mol. The number of hydrogen-bond donors (Lipinski definition) is 2. The number of carboxylic acids is 1. The van der Waals surface area contributed by atoms with E-state index in [2.05, 4.69) is 12.2 Å². The van der Waals surface area contributed by atoms with Gasteiger partial charge < -0.3 is 10.4 Å². The summed E-state index contributed by atoms with van der Waals surface area (Å²) in [6, 6.07) is 5.00. The second-order valence-corrected chi connectivity index (χ2v) is 6.40. The lowest BCUT2D eigenvalue weighted by molar-refractivity contribution is -0.146. The minimum Gasteiger partial charge on any atom is -0.480 e. The van der Waals surface area contributed by atoms with Crippen molar-refractivity contribution in [3.8, 4) is 0 Å². The van der Waals surface area contributed by atoms with Crippen molar-refractivity contribution in [3.63, 3.8) is 0 Å². The molecule has 0 bridgehead atoms. The lowest BCUT2D eigenvalue weighted by Gasteiger charge is -2.36. The summed E-state index contributed by atoms with van der Waals surface area (Å²) in [5.74, 6) is -0.835. The average Bonchev–Trinajstić information content (AvgIpc) is 2.44. The Kier molecular flexibility index (Phi) is 4.57. The van der Waals surface area contributed by atoms with Crippen LogP contribution in [-0.4, -0.2) is 22.5 Å². The van der Waals surface area contributed by atoms with Crippen LogP contribution < -0.4 is 5.32 Å². The van der Waals surface area contributed by atoms with E-state index in [4.69, 9.17) is 11.6 Å². The zero-order chi connectivity index (χ0) is 15.6. The van der Waals surface area contributed by atoms with Gasteiger partial charge in [0.25, 0.3) is 5.91 Å². The number of carboxylic acid groups (broad SMARTS) is 1. The predicted octanol–water partition coefficient (Wildman–Crippen LogP) is 3.41. The van der Waals surface area contributed by atoms with Crippen LogP contribution in [0, 0.1) is 12.8 Å². The highest BCUT2D eigenvalue weighted by molar-refractivity contribution is 6.31. The summed E-state index contributed by atoms with van der Waals surface area (Å²) < 4.78 is 0. The summed E-state index contributed by atoms with van der Waals surface area (Å²) >= 11 is 6.02. The van der Waals surface area contributed by atoms with E-state index in [0.29, 0.717) is 29.3 Å². The van der Waals surface area contributed by atoms with E-state index in [9.17, 15) is 14.7 Å². The van der Waals surface area contributed by atoms with Gasteiger partial charge in [-0.15, -0.1) is 0 Å². The van der Waals surface area contributed by atoms with Crippen LogP contribution in [0.15, 0.2) is 18.2 Å². The van der Waals surface area contributed by atoms with Crippen molar-refractivity contribution in [2.75, 3.05) is 0 Å². The van der Waals surface area contributed by atoms with Gasteiger partial charge in [0.05, 0.1) is 0 Å². The SMILES string of the molecule is Cc1ccc(C(=O)NC2(C(=O)O)CCC(C)CC2)cc1Cl. The van der Waals surface area contributed by atoms with Crippen LogP contribution in [0.25, 0.3) is 0 Å². The monoisotopic (exact) mass is 309 g/mol. The van der Waals surface area contributed by atoms with Crippen LogP contribution in [-0.2, 0) is 4.79 Å². The van der Waals surface area contributed by atoms with E-state index in [-0.39, 0.29) is 5.91 Å². The minimum absolute atomic E-state index is 0.381. The van der Waals surface area contributed by atoms with Gasteiger partial charge in [0.15, 0.2) is 0 Å². The van der Waals surface area contributed by atoms with Crippen LogP contribution in [0.2, 0.25) is 5.02 Å². The average molecular weight is 310 g/mol. The summed E-state index contributed by atoms with van der Waals surface area (Å²) in [7, 11) is 0. The maximum Gasteiger partial charge on any atom is 0.329 e. The molecule has 1 aliphatic carbocycles. The molecule has 0 spiro atoms. The zero-order valence-corrected chi connectivity index (χ0v) is 13.0. The van der Waals surface area contributed by atoms with Gasteiger partial charge in [-0.3, -0.25) is 4.79 Å². The first-order valence-electron chi connectivity index (χ1n) is 7.16. The molecule has 4 nitrogen and oxygen atoms in total. The Labute approximate surface area is 129 Å². The molecular weight excluding hydrogens is 290 g/mol. The van der Waals surface area contributed by atoms with Crippen LogP contribution in [0.5, 0.6) is 0 Å². The molecule has 1 aliphatic rings. The van der Waals surface area contributed by atoms with Crippen molar-refractivity contribution < 1.29 is 14.7 Å². The van der Waals surface area contributed by atoms with Gasteiger partial charge in [0, 0.05) is 10.6 Å². The van der Waals surface area contributed by atoms with Crippen LogP contribution >= 0.6 is 11.6 Å². The van der Waals surface area contributed by atoms with Gasteiger partial charge in [-0.2, -0.15) is 0 Å². The van der Waals surface area contributed by atoms with Crippen molar-refractivity contribution >= 4 is 23.5 Å². The number of rotatable bonds is 3. The van der Waals surface area contributed by atoms with Gasteiger partial charge in [-0.05, 0) is 56.2 Å². The van der Waals surface area contributed by atoms with Crippen molar-refractivity contribution in [1.82, 2.24) is 5.32 Å². The number of aryl methyl sites for hydroxylation is 1. The number of halogens is 1. The fraction of sp³-hybridized carbons (Fsp3) is 0.500. The second-order valence-electron chi connectivity index (χ2n) is 5.99. The molecule has 114 valence electrons. The molecule has 0 unspecified atom stereocenters. The van der Waals surface area contributed by atoms with Crippen LogP contribution in [0.4, 0.5) is 0 Å². The second kappa shape index (κ2) is 6.06. The molecule has 1 aromatic carbocycles. The lowest BCUT2D eigenvalue weighted by Crippen LogP contribution is -2.56. The summed E-state index contributed by atoms with van der Waals surface area (Å²) in [5.41, 5.74) is 0.124. The van der Waals surface area contributed by atoms with Crippen molar-refractivity contribution in [2.24, 2.45) is 5.92 Å². The first-order chi connectivity index (χ1) is 9.84. The smallest absolute Gasteiger partial charge is 0.329 e. The first-order valence-corrected chi connectivity index (χ1v) is 7.54. The maximum atomic E-state index is 12.3. The molecule has 21 heavy (non-hydrogen) atoms. The summed E-state index contributed by atoms with van der Waals surface area (Å²) in [6.07, 6.45) is 2.55. The van der Waals surface area contributed by atoms with Crippen molar-refractivity contribution in [2.45, 2.75) is 45.1 Å². The molecule has 1 fully saturated rings.